The van der Waals surface area contributed by atoms with Crippen molar-refractivity contribution in [3.63, 3.8) is 0 Å². The van der Waals surface area contributed by atoms with Crippen molar-refractivity contribution in [3.8, 4) is 16.9 Å². The van der Waals surface area contributed by atoms with Crippen LogP contribution in [0.1, 0.15) is 73.7 Å². The summed E-state index contributed by atoms with van der Waals surface area (Å²) in [5.74, 6) is 0.267. The third-order valence-corrected chi connectivity index (χ3v) is 8.47. The Kier molecular flexibility index (Phi) is 8.08. The number of nitrogens with zero attached hydrogens (tertiary/aromatic N) is 2. The van der Waals surface area contributed by atoms with Gasteiger partial charge in [-0.15, -0.1) is 6.58 Å². The summed E-state index contributed by atoms with van der Waals surface area (Å²) in [5.41, 5.74) is 3.94. The molecule has 2 N–H and O–H groups in total. The Bertz CT molecular complexity index is 1060. The highest BCUT2D eigenvalue weighted by Crippen LogP contribution is 2.34. The molecule has 2 unspecified atom stereocenters. The van der Waals surface area contributed by atoms with Crippen molar-refractivity contribution in [1.29, 1.82) is 0 Å². The second-order valence-electron chi connectivity index (χ2n) is 11.0. The van der Waals surface area contributed by atoms with E-state index in [4.69, 9.17) is 0 Å². The zero-order valence-electron chi connectivity index (χ0n) is 21.5. The van der Waals surface area contributed by atoms with Gasteiger partial charge in [-0.1, -0.05) is 50.0 Å². The normalized spacial score (nSPS) is 23.7. The predicted molar refractivity (Wildman–Crippen MR) is 146 cm³/mol. The van der Waals surface area contributed by atoms with E-state index in [1.807, 2.05) is 36.4 Å². The van der Waals surface area contributed by atoms with Gasteiger partial charge in [0.15, 0.2) is 0 Å². The van der Waals surface area contributed by atoms with E-state index < -0.39 is 0 Å². The monoisotopic (exact) mass is 487 g/mol. The standard InChI is InChI=1S/C31H41N3O2/c1-2-17-33-18-16-27-11-7-12-28(22-33)34(27)21-25-15-14-24(31(36)32-26-9-4-3-5-10-26)20-30(25)23-8-6-13-29(35)19-23/h2,6,8,13-15,19-20,26-28,35H,1,3-5,7,9-12,16-18,21-22H2,(H,32,36). The molecule has 5 heteroatoms. The largest absolute Gasteiger partial charge is 0.508 e. The Labute approximate surface area is 216 Å². The average molecular weight is 488 g/mol. The summed E-state index contributed by atoms with van der Waals surface area (Å²) in [6, 6.07) is 15.0. The van der Waals surface area contributed by atoms with E-state index in [2.05, 4.69) is 27.8 Å². The van der Waals surface area contributed by atoms with E-state index in [0.717, 1.165) is 50.1 Å². The van der Waals surface area contributed by atoms with Gasteiger partial charge in [-0.3, -0.25) is 14.6 Å². The van der Waals surface area contributed by atoms with E-state index >= 15 is 0 Å². The maximum Gasteiger partial charge on any atom is 0.251 e. The smallest absolute Gasteiger partial charge is 0.251 e. The molecule has 2 aliphatic heterocycles. The fourth-order valence-corrected chi connectivity index (χ4v) is 6.56. The molecular weight excluding hydrogens is 446 g/mol. The SMILES string of the molecule is C=CCN1CCC2CCCC(C1)N2Cc1ccc(C(=O)NC2CCCCC2)cc1-c1cccc(O)c1. The van der Waals surface area contributed by atoms with Crippen LogP contribution in [-0.4, -0.2) is 58.6 Å². The summed E-state index contributed by atoms with van der Waals surface area (Å²) in [6.07, 6.45) is 12.8. The van der Waals surface area contributed by atoms with Gasteiger partial charge < -0.3 is 10.4 Å². The van der Waals surface area contributed by atoms with Gasteiger partial charge in [0, 0.05) is 49.9 Å². The first-order chi connectivity index (χ1) is 17.6. The lowest BCUT2D eigenvalue weighted by Crippen LogP contribution is -2.47. The molecule has 0 spiro atoms. The maximum atomic E-state index is 13.2. The van der Waals surface area contributed by atoms with Crippen molar-refractivity contribution in [1.82, 2.24) is 15.1 Å². The van der Waals surface area contributed by atoms with E-state index in [1.54, 1.807) is 6.07 Å². The van der Waals surface area contributed by atoms with Crippen molar-refractivity contribution >= 4 is 5.91 Å². The highest BCUT2D eigenvalue weighted by molar-refractivity contribution is 5.96. The van der Waals surface area contributed by atoms with Crippen LogP contribution in [0.4, 0.5) is 0 Å². The Morgan fingerprint density at radius 2 is 1.83 bits per heavy atom. The third-order valence-electron chi connectivity index (χ3n) is 8.47. The van der Waals surface area contributed by atoms with Crippen molar-refractivity contribution in [3.05, 3.63) is 66.2 Å². The highest BCUT2D eigenvalue weighted by Gasteiger charge is 2.34. The number of fused-ring (bicyclic) bond motifs is 2. The maximum absolute atomic E-state index is 13.2. The molecule has 1 aliphatic carbocycles. The molecule has 5 rings (SSSR count). The minimum atomic E-state index is 0.0153. The molecule has 0 radical (unpaired) electrons. The summed E-state index contributed by atoms with van der Waals surface area (Å²) in [7, 11) is 0. The molecule has 3 fully saturated rings. The quantitative estimate of drug-likeness (QED) is 0.489. The first kappa shape index (κ1) is 25.0. The van der Waals surface area contributed by atoms with Crippen molar-refractivity contribution in [2.45, 2.75) is 82.5 Å². The zero-order valence-corrected chi connectivity index (χ0v) is 21.5. The lowest BCUT2D eigenvalue weighted by Gasteiger charge is -2.41. The number of hydrogen-bond acceptors (Lipinski definition) is 4. The molecule has 2 aromatic carbocycles. The topological polar surface area (TPSA) is 55.8 Å². The Morgan fingerprint density at radius 3 is 2.64 bits per heavy atom. The summed E-state index contributed by atoms with van der Waals surface area (Å²) < 4.78 is 0. The van der Waals surface area contributed by atoms with Gasteiger partial charge in [0.05, 0.1) is 0 Å². The molecule has 2 saturated heterocycles. The van der Waals surface area contributed by atoms with Crippen LogP contribution in [0.25, 0.3) is 11.1 Å². The van der Waals surface area contributed by atoms with Gasteiger partial charge >= 0.3 is 0 Å². The number of rotatable bonds is 7. The highest BCUT2D eigenvalue weighted by atomic mass is 16.3. The molecule has 1 amide bonds. The van der Waals surface area contributed by atoms with Crippen LogP contribution >= 0.6 is 0 Å². The molecule has 2 aromatic rings. The van der Waals surface area contributed by atoms with E-state index in [9.17, 15) is 9.90 Å². The molecule has 3 aliphatic rings. The number of phenols is 1. The molecule has 0 aromatic heterocycles. The van der Waals surface area contributed by atoms with Crippen LogP contribution in [-0.2, 0) is 6.54 Å². The van der Waals surface area contributed by atoms with Crippen LogP contribution in [0, 0.1) is 0 Å². The molecule has 5 nitrogen and oxygen atoms in total. The number of carbonyl (C=O) groups is 1. The Morgan fingerprint density at radius 1 is 1.00 bits per heavy atom. The van der Waals surface area contributed by atoms with Gasteiger partial charge in [-0.05, 0) is 73.1 Å². The van der Waals surface area contributed by atoms with Crippen LogP contribution in [0.5, 0.6) is 5.75 Å². The number of nitrogens with one attached hydrogen (secondary N) is 1. The number of aromatic hydroxyl groups is 1. The lowest BCUT2D eigenvalue weighted by atomic mass is 9.91. The predicted octanol–water partition coefficient (Wildman–Crippen LogP) is 5.74. The van der Waals surface area contributed by atoms with Crippen LogP contribution in [0.3, 0.4) is 0 Å². The van der Waals surface area contributed by atoms with Gasteiger partial charge in [0.1, 0.15) is 5.75 Å². The lowest BCUT2D eigenvalue weighted by molar-refractivity contribution is 0.0787. The first-order valence-electron chi connectivity index (χ1n) is 13.9. The van der Waals surface area contributed by atoms with E-state index in [1.165, 1.54) is 50.5 Å². The Balaban J connectivity index is 1.43. The molecule has 36 heavy (non-hydrogen) atoms. The Hall–Kier alpha value is -2.63. The fraction of sp³-hybridized carbons (Fsp3) is 0.516. The van der Waals surface area contributed by atoms with Gasteiger partial charge in [-0.25, -0.2) is 0 Å². The van der Waals surface area contributed by atoms with Crippen LogP contribution in [0.15, 0.2) is 55.1 Å². The van der Waals surface area contributed by atoms with Crippen LogP contribution in [0.2, 0.25) is 0 Å². The van der Waals surface area contributed by atoms with E-state index in [-0.39, 0.29) is 17.7 Å². The number of phenolic OH excluding ortho intramolecular Hbond substituents is 1. The zero-order chi connectivity index (χ0) is 24.9. The molecule has 192 valence electrons. The second kappa shape index (κ2) is 11.6. The third kappa shape index (κ3) is 5.84. The van der Waals surface area contributed by atoms with Gasteiger partial charge in [-0.2, -0.15) is 0 Å². The number of hydrogen-bond donors (Lipinski definition) is 2. The molecular formula is C31H41N3O2. The fourth-order valence-electron chi connectivity index (χ4n) is 6.56. The average Bonchev–Trinajstić information content (AvgIpc) is 2.97. The molecule has 1 saturated carbocycles. The second-order valence-corrected chi connectivity index (χ2v) is 11.0. The summed E-state index contributed by atoms with van der Waals surface area (Å²) in [4.78, 5) is 18.4. The van der Waals surface area contributed by atoms with Crippen molar-refractivity contribution in [2.24, 2.45) is 0 Å². The molecule has 2 bridgehead atoms. The van der Waals surface area contributed by atoms with Gasteiger partial charge in [0.2, 0.25) is 0 Å². The summed E-state index contributed by atoms with van der Waals surface area (Å²) in [5, 5.41) is 13.5. The van der Waals surface area contributed by atoms with Crippen molar-refractivity contribution in [2.75, 3.05) is 19.6 Å². The minimum Gasteiger partial charge on any atom is -0.508 e. The number of benzene rings is 2. The van der Waals surface area contributed by atoms with Gasteiger partial charge in [0.25, 0.3) is 5.91 Å². The van der Waals surface area contributed by atoms with E-state index in [0.29, 0.717) is 17.6 Å². The minimum absolute atomic E-state index is 0.0153. The first-order valence-corrected chi connectivity index (χ1v) is 13.9. The van der Waals surface area contributed by atoms with Crippen LogP contribution < -0.4 is 5.32 Å². The number of amides is 1. The molecule has 2 atom stereocenters. The molecule has 2 heterocycles. The summed E-state index contributed by atoms with van der Waals surface area (Å²) >= 11 is 0. The summed E-state index contributed by atoms with van der Waals surface area (Å²) in [6.45, 7) is 8.00. The number of carbonyl (C=O) groups excluding carboxylic acids is 1. The number of piperidine rings is 1. The van der Waals surface area contributed by atoms with Crippen molar-refractivity contribution < 1.29 is 9.90 Å².